The number of carbonyl (C=O) groups excluding carboxylic acids is 1. The number of carbonyl (C=O) groups is 1. The van der Waals surface area contributed by atoms with Crippen LogP contribution in [-0.2, 0) is 4.79 Å². The Morgan fingerprint density at radius 3 is 3.07 bits per heavy atom. The lowest BCUT2D eigenvalue weighted by molar-refractivity contribution is -0.124. The van der Waals surface area contributed by atoms with Crippen LogP contribution in [0.2, 0.25) is 0 Å². The highest BCUT2D eigenvalue weighted by Crippen LogP contribution is 2.25. The third-order valence-electron chi connectivity index (χ3n) is 2.54. The van der Waals surface area contributed by atoms with E-state index in [1.54, 1.807) is 6.34 Å². The molecule has 0 unspecified atom stereocenters. The van der Waals surface area contributed by atoms with Gasteiger partial charge in [-0.15, -0.1) is 0 Å². The van der Waals surface area contributed by atoms with Gasteiger partial charge in [0.1, 0.15) is 12.2 Å². The highest BCUT2D eigenvalue weighted by atomic mass is 16.2. The molecule has 0 aromatic heterocycles. The predicted octanol–water partition coefficient (Wildman–Crippen LogP) is 1.34. The van der Waals surface area contributed by atoms with Crippen LogP contribution in [0.1, 0.15) is 12.0 Å². The SMILES string of the molecule is O=C1CCN=C2c3ccccc3N=CN12. The molecule has 3 rings (SSSR count). The fraction of sp³-hybridized carbons (Fsp3) is 0.182. The number of fused-ring (bicyclic) bond motifs is 3. The standard InChI is InChI=1S/C11H9N3O/c15-10-5-6-12-11-8-3-1-2-4-9(8)13-7-14(10)11/h1-4,7H,5-6H2. The van der Waals surface area contributed by atoms with Gasteiger partial charge >= 0.3 is 0 Å². The molecule has 2 aliphatic heterocycles. The monoisotopic (exact) mass is 199 g/mol. The number of aliphatic imine (C=N–C) groups is 2. The fourth-order valence-corrected chi connectivity index (χ4v) is 1.80. The average Bonchev–Trinajstić information content (AvgIpc) is 2.29. The second-order valence-corrected chi connectivity index (χ2v) is 3.48. The van der Waals surface area contributed by atoms with Crippen LogP contribution in [0.4, 0.5) is 5.69 Å². The van der Waals surface area contributed by atoms with E-state index in [1.807, 2.05) is 24.3 Å². The van der Waals surface area contributed by atoms with Crippen molar-refractivity contribution in [2.24, 2.45) is 9.98 Å². The molecule has 15 heavy (non-hydrogen) atoms. The molecule has 0 aliphatic carbocycles. The highest BCUT2D eigenvalue weighted by molar-refractivity contribution is 6.20. The van der Waals surface area contributed by atoms with Crippen LogP contribution in [0, 0.1) is 0 Å². The number of nitrogens with zero attached hydrogens (tertiary/aromatic N) is 3. The molecule has 1 aromatic carbocycles. The molecule has 0 radical (unpaired) electrons. The zero-order chi connectivity index (χ0) is 10.3. The van der Waals surface area contributed by atoms with E-state index in [1.165, 1.54) is 4.90 Å². The smallest absolute Gasteiger partial charge is 0.235 e. The molecule has 0 atom stereocenters. The lowest BCUT2D eigenvalue weighted by Gasteiger charge is -2.27. The van der Waals surface area contributed by atoms with Gasteiger partial charge in [-0.2, -0.15) is 0 Å². The molecule has 2 heterocycles. The minimum Gasteiger partial charge on any atom is -0.274 e. The van der Waals surface area contributed by atoms with E-state index >= 15 is 0 Å². The number of hydrogen-bond donors (Lipinski definition) is 0. The normalized spacial score (nSPS) is 18.3. The number of amidine groups is 1. The Hall–Kier alpha value is -1.97. The van der Waals surface area contributed by atoms with Crippen LogP contribution in [0.3, 0.4) is 0 Å². The average molecular weight is 199 g/mol. The Morgan fingerprint density at radius 1 is 1.27 bits per heavy atom. The van der Waals surface area contributed by atoms with Crippen molar-refractivity contribution < 1.29 is 4.79 Å². The van der Waals surface area contributed by atoms with Crippen molar-refractivity contribution >= 4 is 23.8 Å². The molecule has 2 aliphatic rings. The van der Waals surface area contributed by atoms with E-state index in [0.29, 0.717) is 13.0 Å². The summed E-state index contributed by atoms with van der Waals surface area (Å²) in [7, 11) is 0. The third kappa shape index (κ3) is 1.18. The van der Waals surface area contributed by atoms with Crippen LogP contribution < -0.4 is 0 Å². The Kier molecular flexibility index (Phi) is 1.68. The molecule has 0 bridgehead atoms. The van der Waals surface area contributed by atoms with Crippen molar-refractivity contribution in [2.45, 2.75) is 6.42 Å². The summed E-state index contributed by atoms with van der Waals surface area (Å²) in [5.41, 5.74) is 1.82. The van der Waals surface area contributed by atoms with Gasteiger partial charge in [0, 0.05) is 12.0 Å². The molecule has 1 amide bonds. The second-order valence-electron chi connectivity index (χ2n) is 3.48. The molecule has 0 saturated heterocycles. The number of amides is 1. The summed E-state index contributed by atoms with van der Waals surface area (Å²) in [6.45, 7) is 0.576. The Balaban J connectivity index is 2.19. The number of para-hydroxylation sites is 1. The zero-order valence-electron chi connectivity index (χ0n) is 8.05. The first-order chi connectivity index (χ1) is 7.36. The maximum absolute atomic E-state index is 11.6. The van der Waals surface area contributed by atoms with Crippen LogP contribution in [0.25, 0.3) is 0 Å². The zero-order valence-corrected chi connectivity index (χ0v) is 8.05. The minimum atomic E-state index is 0.0678. The molecule has 4 heteroatoms. The van der Waals surface area contributed by atoms with Gasteiger partial charge in [-0.3, -0.25) is 14.7 Å². The summed E-state index contributed by atoms with van der Waals surface area (Å²) in [6, 6.07) is 7.72. The van der Waals surface area contributed by atoms with Crippen molar-refractivity contribution in [1.82, 2.24) is 4.90 Å². The van der Waals surface area contributed by atoms with E-state index in [2.05, 4.69) is 9.98 Å². The van der Waals surface area contributed by atoms with Crippen LogP contribution in [0.15, 0.2) is 34.3 Å². The third-order valence-corrected chi connectivity index (χ3v) is 2.54. The lowest BCUT2D eigenvalue weighted by atomic mass is 10.1. The largest absolute Gasteiger partial charge is 0.274 e. The first-order valence-corrected chi connectivity index (χ1v) is 4.86. The van der Waals surface area contributed by atoms with Crippen molar-refractivity contribution in [3.63, 3.8) is 0 Å². The Morgan fingerprint density at radius 2 is 2.13 bits per heavy atom. The number of hydrogen-bond acceptors (Lipinski definition) is 3. The first-order valence-electron chi connectivity index (χ1n) is 4.86. The second kappa shape index (κ2) is 3.02. The van der Waals surface area contributed by atoms with E-state index in [-0.39, 0.29) is 5.91 Å². The van der Waals surface area contributed by atoms with Crippen LogP contribution in [0.5, 0.6) is 0 Å². The van der Waals surface area contributed by atoms with Crippen molar-refractivity contribution in [3.8, 4) is 0 Å². The van der Waals surface area contributed by atoms with E-state index < -0.39 is 0 Å². The highest BCUT2D eigenvalue weighted by Gasteiger charge is 2.27. The molecule has 0 fully saturated rings. The summed E-state index contributed by atoms with van der Waals surface area (Å²) >= 11 is 0. The number of benzene rings is 1. The molecule has 4 nitrogen and oxygen atoms in total. The summed E-state index contributed by atoms with van der Waals surface area (Å²) in [5.74, 6) is 0.801. The number of rotatable bonds is 0. The van der Waals surface area contributed by atoms with Crippen LogP contribution in [-0.4, -0.2) is 29.5 Å². The minimum absolute atomic E-state index is 0.0678. The van der Waals surface area contributed by atoms with Crippen molar-refractivity contribution in [2.75, 3.05) is 6.54 Å². The maximum Gasteiger partial charge on any atom is 0.235 e. The topological polar surface area (TPSA) is 45.0 Å². The quantitative estimate of drug-likeness (QED) is 0.621. The molecular formula is C11H9N3O. The molecular weight excluding hydrogens is 190 g/mol. The van der Waals surface area contributed by atoms with Gasteiger partial charge < -0.3 is 0 Å². The molecule has 0 spiro atoms. The molecule has 0 N–H and O–H groups in total. The summed E-state index contributed by atoms with van der Waals surface area (Å²) in [6.07, 6.45) is 2.03. The summed E-state index contributed by atoms with van der Waals surface area (Å²) in [5, 5.41) is 0. The predicted molar refractivity (Wildman–Crippen MR) is 57.5 cm³/mol. The van der Waals surface area contributed by atoms with Gasteiger partial charge in [-0.1, -0.05) is 12.1 Å². The van der Waals surface area contributed by atoms with Gasteiger partial charge in [-0.25, -0.2) is 4.99 Å². The molecule has 74 valence electrons. The maximum atomic E-state index is 11.6. The van der Waals surface area contributed by atoms with E-state index in [0.717, 1.165) is 17.1 Å². The fourth-order valence-electron chi connectivity index (χ4n) is 1.80. The summed E-state index contributed by atoms with van der Waals surface area (Å²) < 4.78 is 0. The van der Waals surface area contributed by atoms with Crippen molar-refractivity contribution in [3.05, 3.63) is 29.8 Å². The van der Waals surface area contributed by atoms with Gasteiger partial charge in [0.15, 0.2) is 0 Å². The van der Waals surface area contributed by atoms with E-state index in [9.17, 15) is 4.79 Å². The van der Waals surface area contributed by atoms with Gasteiger partial charge in [0.2, 0.25) is 5.91 Å². The van der Waals surface area contributed by atoms with E-state index in [4.69, 9.17) is 0 Å². The Bertz CT molecular complexity index is 490. The molecule has 0 saturated carbocycles. The van der Waals surface area contributed by atoms with Gasteiger partial charge in [0.25, 0.3) is 0 Å². The Labute approximate surface area is 87.0 Å². The summed E-state index contributed by atoms with van der Waals surface area (Å²) in [4.78, 5) is 21.7. The van der Waals surface area contributed by atoms with Crippen molar-refractivity contribution in [1.29, 1.82) is 0 Å². The van der Waals surface area contributed by atoms with Crippen LogP contribution >= 0.6 is 0 Å². The van der Waals surface area contributed by atoms with Gasteiger partial charge in [-0.05, 0) is 12.1 Å². The lowest BCUT2D eigenvalue weighted by Crippen LogP contribution is -2.41. The first kappa shape index (κ1) is 8.35. The van der Waals surface area contributed by atoms with Gasteiger partial charge in [0.05, 0.1) is 12.2 Å². The molecule has 1 aromatic rings.